The summed E-state index contributed by atoms with van der Waals surface area (Å²) in [6, 6.07) is 11.5. The summed E-state index contributed by atoms with van der Waals surface area (Å²) in [6.07, 6.45) is 17.8. The summed E-state index contributed by atoms with van der Waals surface area (Å²) in [5, 5.41) is 8.58. The van der Waals surface area contributed by atoms with Crippen molar-refractivity contribution in [2.75, 3.05) is 0 Å². The van der Waals surface area contributed by atoms with Crippen LogP contribution in [0.4, 0.5) is 0 Å². The van der Waals surface area contributed by atoms with Crippen molar-refractivity contribution in [3.8, 4) is 6.07 Å². The van der Waals surface area contributed by atoms with Gasteiger partial charge in [-0.3, -0.25) is 0 Å². The molecule has 0 N–H and O–H groups in total. The first-order valence-electron chi connectivity index (χ1n) is 11.5. The van der Waals surface area contributed by atoms with Gasteiger partial charge in [-0.05, 0) is 105 Å². The van der Waals surface area contributed by atoms with E-state index < -0.39 is 0 Å². The number of nitrogens with zero attached hydrogens (tertiary/aromatic N) is 1. The van der Waals surface area contributed by atoms with E-state index in [1.54, 1.807) is 17.2 Å². The number of nitriles is 1. The maximum atomic E-state index is 8.58. The van der Waals surface area contributed by atoms with Gasteiger partial charge in [0.05, 0.1) is 6.07 Å². The van der Waals surface area contributed by atoms with E-state index in [4.69, 9.17) is 5.26 Å². The van der Waals surface area contributed by atoms with Crippen LogP contribution in [0, 0.1) is 29.1 Å². The smallest absolute Gasteiger partial charge is 0.0908 e. The second-order valence-corrected chi connectivity index (χ2v) is 9.05. The van der Waals surface area contributed by atoms with Gasteiger partial charge in [-0.1, -0.05) is 49.4 Å². The first kappa shape index (κ1) is 20.9. The van der Waals surface area contributed by atoms with E-state index in [1.165, 1.54) is 63.4 Å². The van der Waals surface area contributed by atoms with Crippen LogP contribution in [0.3, 0.4) is 0 Å². The van der Waals surface area contributed by atoms with Gasteiger partial charge in [0.15, 0.2) is 0 Å². The zero-order valence-electron chi connectivity index (χ0n) is 17.7. The van der Waals surface area contributed by atoms with Gasteiger partial charge < -0.3 is 0 Å². The highest BCUT2D eigenvalue weighted by molar-refractivity contribution is 5.26. The van der Waals surface area contributed by atoms with Crippen LogP contribution in [0.15, 0.2) is 48.6 Å². The Labute approximate surface area is 172 Å². The molecule has 0 unspecified atom stereocenters. The van der Waals surface area contributed by atoms with E-state index in [0.29, 0.717) is 0 Å². The van der Waals surface area contributed by atoms with Crippen LogP contribution in [0.1, 0.15) is 88.2 Å². The Morgan fingerprint density at radius 3 is 2.18 bits per heavy atom. The molecule has 0 aromatic heterocycles. The van der Waals surface area contributed by atoms with Gasteiger partial charge in [0.1, 0.15) is 0 Å². The Morgan fingerprint density at radius 1 is 1.00 bits per heavy atom. The summed E-state index contributed by atoms with van der Waals surface area (Å²) < 4.78 is 0. The summed E-state index contributed by atoms with van der Waals surface area (Å²) in [5.74, 6) is 3.13. The van der Waals surface area contributed by atoms with Crippen LogP contribution in [0.25, 0.3) is 0 Å². The topological polar surface area (TPSA) is 23.8 Å². The van der Waals surface area contributed by atoms with Crippen molar-refractivity contribution in [2.24, 2.45) is 17.8 Å². The molecular weight excluding hydrogens is 338 g/mol. The van der Waals surface area contributed by atoms with E-state index in [-0.39, 0.29) is 0 Å². The van der Waals surface area contributed by atoms with Crippen molar-refractivity contribution in [1.29, 1.82) is 5.26 Å². The first-order valence-corrected chi connectivity index (χ1v) is 11.5. The van der Waals surface area contributed by atoms with Crippen molar-refractivity contribution in [3.05, 3.63) is 59.7 Å². The lowest BCUT2D eigenvalue weighted by molar-refractivity contribution is 0.260. The third kappa shape index (κ3) is 5.60. The van der Waals surface area contributed by atoms with Gasteiger partial charge in [0, 0.05) is 6.08 Å². The molecule has 2 aliphatic carbocycles. The molecule has 150 valence electrons. The fourth-order valence-corrected chi connectivity index (χ4v) is 5.45. The molecule has 1 nitrogen and oxygen atoms in total. The Hall–Kier alpha value is -1.81. The fraction of sp³-hybridized carbons (Fsp3) is 0.593. The van der Waals surface area contributed by atoms with Gasteiger partial charge in [0.25, 0.3) is 0 Å². The summed E-state index contributed by atoms with van der Waals surface area (Å²) in [4.78, 5) is 0. The lowest BCUT2D eigenvalue weighted by Gasteiger charge is -2.36. The van der Waals surface area contributed by atoms with Gasteiger partial charge in [0.2, 0.25) is 0 Å². The largest absolute Gasteiger partial charge is 0.193 e. The maximum absolute atomic E-state index is 8.58. The highest BCUT2D eigenvalue weighted by Crippen LogP contribution is 2.44. The molecule has 0 atom stereocenters. The minimum Gasteiger partial charge on any atom is -0.193 e. The summed E-state index contributed by atoms with van der Waals surface area (Å²) in [5.41, 5.74) is 4.57. The Bertz CT molecular complexity index is 674. The van der Waals surface area contributed by atoms with Crippen molar-refractivity contribution in [2.45, 2.75) is 83.5 Å². The molecule has 2 saturated carbocycles. The minimum absolute atomic E-state index is 0.756. The highest BCUT2D eigenvalue weighted by atomic mass is 14.3. The number of aryl methyl sites for hydroxylation is 1. The lowest BCUT2D eigenvalue weighted by atomic mass is 9.69. The van der Waals surface area contributed by atoms with Gasteiger partial charge in [-0.2, -0.15) is 5.26 Å². The van der Waals surface area contributed by atoms with E-state index in [0.717, 1.165) is 36.5 Å². The Morgan fingerprint density at radius 2 is 1.61 bits per heavy atom. The second-order valence-electron chi connectivity index (χ2n) is 9.05. The molecular formula is C27H37N. The van der Waals surface area contributed by atoms with Crippen molar-refractivity contribution < 1.29 is 0 Å². The Balaban J connectivity index is 1.41. The predicted octanol–water partition coefficient (Wildman–Crippen LogP) is 7.75. The normalized spacial score (nSPS) is 28.1. The quantitative estimate of drug-likeness (QED) is 0.353. The third-order valence-corrected chi connectivity index (χ3v) is 7.42. The summed E-state index contributed by atoms with van der Waals surface area (Å²) in [6.45, 7) is 6.81. The van der Waals surface area contributed by atoms with E-state index in [2.05, 4.69) is 43.8 Å². The predicted molar refractivity (Wildman–Crippen MR) is 119 cm³/mol. The standard InChI is InChI=1S/C27H37N/c1-3-22-8-14-26(15-9-22)27-18-16-25(17-19-27)21(2)24-12-10-23(11-13-24)7-5-4-6-20-28/h4,6,8-9,14-15,23-25,27H,2-3,5,7,10-13,16-19H2,1H3/b6-4+. The van der Waals surface area contributed by atoms with Crippen LogP contribution < -0.4 is 0 Å². The third-order valence-electron chi connectivity index (χ3n) is 7.42. The number of allylic oxidation sites excluding steroid dienone is 3. The number of hydrogen-bond acceptors (Lipinski definition) is 1. The van der Waals surface area contributed by atoms with Gasteiger partial charge >= 0.3 is 0 Å². The zero-order valence-corrected chi connectivity index (χ0v) is 17.7. The molecule has 1 heteroatoms. The SMILES string of the molecule is C=C(C1CCC(CC/C=C/C#N)CC1)C1CCC(c2ccc(CC)cc2)CC1. The Kier molecular flexibility index (Phi) is 7.96. The molecule has 3 rings (SSSR count). The summed E-state index contributed by atoms with van der Waals surface area (Å²) in [7, 11) is 0. The van der Waals surface area contributed by atoms with Crippen LogP contribution in [-0.2, 0) is 6.42 Å². The molecule has 0 radical (unpaired) electrons. The molecule has 0 amide bonds. The van der Waals surface area contributed by atoms with Crippen LogP contribution in [0.5, 0.6) is 0 Å². The highest BCUT2D eigenvalue weighted by Gasteiger charge is 2.29. The number of benzene rings is 1. The minimum atomic E-state index is 0.756. The lowest BCUT2D eigenvalue weighted by Crippen LogP contribution is -2.22. The van der Waals surface area contributed by atoms with E-state index in [9.17, 15) is 0 Å². The fourth-order valence-electron chi connectivity index (χ4n) is 5.45. The number of hydrogen-bond donors (Lipinski definition) is 0. The first-order chi connectivity index (χ1) is 13.7. The molecule has 2 aliphatic rings. The molecule has 0 spiro atoms. The van der Waals surface area contributed by atoms with Crippen molar-refractivity contribution in [3.63, 3.8) is 0 Å². The van der Waals surface area contributed by atoms with Crippen LogP contribution in [-0.4, -0.2) is 0 Å². The molecule has 0 aliphatic heterocycles. The molecule has 0 saturated heterocycles. The molecule has 0 heterocycles. The molecule has 28 heavy (non-hydrogen) atoms. The molecule has 1 aromatic rings. The zero-order chi connectivity index (χ0) is 19.8. The average Bonchev–Trinajstić information content (AvgIpc) is 2.77. The van der Waals surface area contributed by atoms with E-state index in [1.807, 2.05) is 6.08 Å². The average molecular weight is 376 g/mol. The number of rotatable bonds is 7. The monoisotopic (exact) mass is 375 g/mol. The van der Waals surface area contributed by atoms with Gasteiger partial charge in [-0.15, -0.1) is 0 Å². The van der Waals surface area contributed by atoms with Crippen LogP contribution >= 0.6 is 0 Å². The summed E-state index contributed by atoms with van der Waals surface area (Å²) >= 11 is 0. The molecule has 1 aromatic carbocycles. The van der Waals surface area contributed by atoms with E-state index >= 15 is 0 Å². The maximum Gasteiger partial charge on any atom is 0.0908 e. The van der Waals surface area contributed by atoms with Gasteiger partial charge in [-0.25, -0.2) is 0 Å². The second kappa shape index (κ2) is 10.7. The van der Waals surface area contributed by atoms with Crippen molar-refractivity contribution in [1.82, 2.24) is 0 Å². The van der Waals surface area contributed by atoms with Crippen LogP contribution in [0.2, 0.25) is 0 Å². The van der Waals surface area contributed by atoms with Crippen molar-refractivity contribution >= 4 is 0 Å². The molecule has 2 fully saturated rings. The molecule has 0 bridgehead atoms.